The summed E-state index contributed by atoms with van der Waals surface area (Å²) in [5.74, 6) is -1.43. The summed E-state index contributed by atoms with van der Waals surface area (Å²) in [6.07, 6.45) is 2.39. The largest absolute Gasteiger partial charge is 0.416 e. The SMILES string of the molecule is C=O.CC=O.CNC1=CC(C(F)(F)F)=CCC=C1.Nc1c(F)cccc1F. The summed E-state index contributed by atoms with van der Waals surface area (Å²) in [5.41, 5.74) is 4.39. The van der Waals surface area contributed by atoms with Gasteiger partial charge in [0.1, 0.15) is 30.4 Å². The molecule has 0 atom stereocenters. The fourth-order valence-electron chi connectivity index (χ4n) is 1.53. The molecule has 0 bridgehead atoms. The number of anilines is 1. The molecule has 0 fully saturated rings. The molecule has 27 heavy (non-hydrogen) atoms. The van der Waals surface area contributed by atoms with Crippen LogP contribution in [-0.2, 0) is 9.59 Å². The van der Waals surface area contributed by atoms with Gasteiger partial charge >= 0.3 is 6.18 Å². The van der Waals surface area contributed by atoms with Gasteiger partial charge in [-0.1, -0.05) is 18.2 Å². The second-order valence-electron chi connectivity index (χ2n) is 4.52. The Morgan fingerprint density at radius 2 is 1.67 bits per heavy atom. The summed E-state index contributed by atoms with van der Waals surface area (Å²) in [6, 6.07) is 3.48. The molecule has 0 saturated carbocycles. The highest BCUT2D eigenvalue weighted by atomic mass is 19.4. The smallest absolute Gasteiger partial charge is 0.394 e. The summed E-state index contributed by atoms with van der Waals surface area (Å²) in [6.45, 7) is 3.44. The maximum absolute atomic E-state index is 12.3. The Morgan fingerprint density at radius 1 is 1.19 bits per heavy atom. The van der Waals surface area contributed by atoms with Crippen molar-refractivity contribution in [1.29, 1.82) is 0 Å². The number of hydrogen-bond donors (Lipinski definition) is 2. The minimum absolute atomic E-state index is 0.316. The molecule has 0 heterocycles. The molecular weight excluding hydrogens is 371 g/mol. The highest BCUT2D eigenvalue weighted by Crippen LogP contribution is 2.28. The van der Waals surface area contributed by atoms with Crippen molar-refractivity contribution in [2.24, 2.45) is 0 Å². The van der Waals surface area contributed by atoms with Crippen LogP contribution in [0.25, 0.3) is 0 Å². The molecular formula is C18H21F5N2O2. The van der Waals surface area contributed by atoms with Gasteiger partial charge in [0.15, 0.2) is 0 Å². The van der Waals surface area contributed by atoms with Gasteiger partial charge in [0, 0.05) is 12.7 Å². The van der Waals surface area contributed by atoms with Crippen molar-refractivity contribution in [3.63, 3.8) is 0 Å². The number of carbonyl (C=O) groups is 2. The zero-order chi connectivity index (χ0) is 21.5. The van der Waals surface area contributed by atoms with E-state index in [1.165, 1.54) is 19.1 Å². The number of para-hydroxylation sites is 1. The van der Waals surface area contributed by atoms with E-state index in [1.807, 2.05) is 6.79 Å². The standard InChI is InChI=1S/C9H10F3N.C6H5F2N.C2H4O.CH2O/c1-13-8-5-3-2-4-7(6-8)9(10,11)12;7-4-2-1-3-5(8)6(4)9;1-2-3;1-2/h3-6,13H,2H2,1H3;1-3H,9H2;2H,1H3;1H2. The number of hydrogen-bond acceptors (Lipinski definition) is 4. The first kappa shape index (κ1) is 26.3. The number of nitrogen functional groups attached to an aromatic ring is 1. The number of carbonyl (C=O) groups excluding carboxylic acids is 2. The minimum atomic E-state index is -4.26. The van der Waals surface area contributed by atoms with Gasteiger partial charge in [0.05, 0.1) is 5.57 Å². The highest BCUT2D eigenvalue weighted by Gasteiger charge is 2.32. The molecule has 0 aliphatic heterocycles. The Hall–Kier alpha value is -2.97. The Bertz CT molecular complexity index is 648. The third-order valence-corrected chi connectivity index (χ3v) is 2.70. The van der Waals surface area contributed by atoms with Gasteiger partial charge in [-0.05, 0) is 37.6 Å². The Morgan fingerprint density at radius 3 is 2.04 bits per heavy atom. The Kier molecular flexibility index (Phi) is 13.8. The molecule has 1 aromatic rings. The molecule has 3 N–H and O–H groups in total. The first-order valence-electron chi connectivity index (χ1n) is 7.38. The van der Waals surface area contributed by atoms with Crippen LogP contribution in [0.5, 0.6) is 0 Å². The van der Waals surface area contributed by atoms with E-state index in [4.69, 9.17) is 15.3 Å². The van der Waals surface area contributed by atoms with Crippen LogP contribution in [0.1, 0.15) is 13.3 Å². The molecule has 1 aliphatic carbocycles. The molecule has 0 amide bonds. The lowest BCUT2D eigenvalue weighted by Crippen LogP contribution is -2.12. The van der Waals surface area contributed by atoms with Crippen molar-refractivity contribution >= 4 is 18.8 Å². The van der Waals surface area contributed by atoms with Crippen LogP contribution in [0.2, 0.25) is 0 Å². The fraction of sp³-hybridized carbons (Fsp3) is 0.222. The van der Waals surface area contributed by atoms with Crippen LogP contribution in [0, 0.1) is 11.6 Å². The van der Waals surface area contributed by atoms with E-state index in [-0.39, 0.29) is 0 Å². The van der Waals surface area contributed by atoms with Crippen molar-refractivity contribution < 1.29 is 31.5 Å². The topological polar surface area (TPSA) is 72.2 Å². The van der Waals surface area contributed by atoms with E-state index in [0.717, 1.165) is 24.5 Å². The number of allylic oxidation sites excluding steroid dienone is 5. The number of alkyl halides is 3. The number of aldehydes is 1. The van der Waals surface area contributed by atoms with Crippen molar-refractivity contribution in [3.8, 4) is 0 Å². The quantitative estimate of drug-likeness (QED) is 0.429. The molecule has 150 valence electrons. The average Bonchev–Trinajstić information content (AvgIpc) is 2.88. The van der Waals surface area contributed by atoms with Crippen LogP contribution in [0.3, 0.4) is 0 Å². The molecule has 0 aromatic heterocycles. The first-order valence-corrected chi connectivity index (χ1v) is 7.38. The summed E-state index contributed by atoms with van der Waals surface area (Å²) in [4.78, 5) is 16.8. The molecule has 0 spiro atoms. The number of nitrogens with two attached hydrogens (primary N) is 1. The van der Waals surface area contributed by atoms with Crippen LogP contribution < -0.4 is 11.1 Å². The monoisotopic (exact) mass is 392 g/mol. The van der Waals surface area contributed by atoms with E-state index < -0.39 is 29.1 Å². The number of nitrogens with one attached hydrogen (secondary N) is 1. The maximum Gasteiger partial charge on any atom is 0.416 e. The third-order valence-electron chi connectivity index (χ3n) is 2.70. The molecule has 4 nitrogen and oxygen atoms in total. The zero-order valence-corrected chi connectivity index (χ0v) is 14.8. The Labute approximate surface area is 154 Å². The normalized spacial score (nSPS) is 12.3. The van der Waals surface area contributed by atoms with Crippen molar-refractivity contribution in [2.75, 3.05) is 12.8 Å². The first-order chi connectivity index (χ1) is 12.7. The van der Waals surface area contributed by atoms with E-state index in [0.29, 0.717) is 12.1 Å². The van der Waals surface area contributed by atoms with Crippen LogP contribution >= 0.6 is 0 Å². The predicted molar refractivity (Wildman–Crippen MR) is 94.7 cm³/mol. The van der Waals surface area contributed by atoms with Gasteiger partial charge in [0.25, 0.3) is 0 Å². The molecule has 1 aromatic carbocycles. The van der Waals surface area contributed by atoms with E-state index in [9.17, 15) is 22.0 Å². The minimum Gasteiger partial charge on any atom is -0.394 e. The lowest BCUT2D eigenvalue weighted by atomic mass is 10.2. The van der Waals surface area contributed by atoms with Gasteiger partial charge in [-0.3, -0.25) is 0 Å². The summed E-state index contributed by atoms with van der Waals surface area (Å²) < 4.78 is 61.2. The average molecular weight is 392 g/mol. The molecule has 1 aliphatic rings. The molecule has 2 rings (SSSR count). The number of likely N-dealkylation sites (N-methyl/N-ethyl adjacent to an activating group) is 1. The van der Waals surface area contributed by atoms with E-state index in [2.05, 4.69) is 5.32 Å². The number of benzene rings is 1. The van der Waals surface area contributed by atoms with Gasteiger partial charge in [0.2, 0.25) is 0 Å². The summed E-state index contributed by atoms with van der Waals surface area (Å²) >= 11 is 0. The summed E-state index contributed by atoms with van der Waals surface area (Å²) in [7, 11) is 1.59. The van der Waals surface area contributed by atoms with Gasteiger partial charge in [-0.15, -0.1) is 0 Å². The van der Waals surface area contributed by atoms with E-state index in [1.54, 1.807) is 19.2 Å². The van der Waals surface area contributed by atoms with Crippen LogP contribution in [-0.4, -0.2) is 26.3 Å². The van der Waals surface area contributed by atoms with Crippen molar-refractivity contribution in [1.82, 2.24) is 5.32 Å². The number of halogens is 5. The highest BCUT2D eigenvalue weighted by molar-refractivity contribution is 5.44. The third kappa shape index (κ3) is 11.3. The molecule has 0 unspecified atom stereocenters. The second kappa shape index (κ2) is 14.2. The zero-order valence-electron chi connectivity index (χ0n) is 14.8. The Balaban J connectivity index is 0. The van der Waals surface area contributed by atoms with Gasteiger partial charge in [-0.2, -0.15) is 13.2 Å². The van der Waals surface area contributed by atoms with Crippen LogP contribution in [0.4, 0.5) is 27.6 Å². The predicted octanol–water partition coefficient (Wildman–Crippen LogP) is 4.11. The molecule has 9 heteroatoms. The fourth-order valence-corrected chi connectivity index (χ4v) is 1.53. The second-order valence-corrected chi connectivity index (χ2v) is 4.52. The van der Waals surface area contributed by atoms with Crippen molar-refractivity contribution in [2.45, 2.75) is 19.5 Å². The van der Waals surface area contributed by atoms with Gasteiger partial charge in [-0.25, -0.2) is 8.78 Å². The van der Waals surface area contributed by atoms with Crippen molar-refractivity contribution in [3.05, 3.63) is 65.4 Å². The number of rotatable bonds is 1. The van der Waals surface area contributed by atoms with E-state index >= 15 is 0 Å². The lowest BCUT2D eigenvalue weighted by Gasteiger charge is -2.07. The maximum atomic E-state index is 12.3. The lowest BCUT2D eigenvalue weighted by molar-refractivity contribution is -0.106. The summed E-state index contributed by atoms with van der Waals surface area (Å²) in [5, 5.41) is 2.68. The van der Waals surface area contributed by atoms with Gasteiger partial charge < -0.3 is 20.6 Å². The van der Waals surface area contributed by atoms with Crippen LogP contribution in [0.15, 0.2) is 53.8 Å². The molecule has 0 radical (unpaired) electrons. The molecule has 0 saturated heterocycles.